The van der Waals surface area contributed by atoms with E-state index in [1.165, 1.54) is 0 Å². The van der Waals surface area contributed by atoms with Gasteiger partial charge < -0.3 is 54.7 Å². The van der Waals surface area contributed by atoms with Crippen LogP contribution in [0.25, 0.3) is 0 Å². The van der Waals surface area contributed by atoms with Gasteiger partial charge in [-0.3, -0.25) is 0 Å². The Bertz CT molecular complexity index is 1080. The molecule has 44 heavy (non-hydrogen) atoms. The van der Waals surface area contributed by atoms with Crippen molar-refractivity contribution in [2.45, 2.75) is 146 Å². The van der Waals surface area contributed by atoms with Gasteiger partial charge in [0.1, 0.15) is 36.1 Å². The summed E-state index contributed by atoms with van der Waals surface area (Å²) < 4.78 is 25.6. The van der Waals surface area contributed by atoms with E-state index in [2.05, 4.69) is 20.8 Å². The van der Waals surface area contributed by atoms with Gasteiger partial charge in [-0.2, -0.15) is 0 Å². The summed E-state index contributed by atoms with van der Waals surface area (Å²) in [5, 5.41) is 76.0. The van der Waals surface area contributed by atoms with E-state index >= 15 is 0 Å². The van der Waals surface area contributed by atoms with Crippen LogP contribution in [-0.2, 0) is 18.9 Å². The summed E-state index contributed by atoms with van der Waals surface area (Å²) in [7, 11) is 0. The lowest BCUT2D eigenvalue weighted by molar-refractivity contribution is -0.389. The average Bonchev–Trinajstić information content (AvgIpc) is 3.44. The molecule has 6 unspecified atom stereocenters. The Morgan fingerprint density at radius 1 is 0.841 bits per heavy atom. The molecule has 0 aromatic carbocycles. The molecule has 3 heterocycles. The van der Waals surface area contributed by atoms with E-state index in [0.29, 0.717) is 30.6 Å². The summed E-state index contributed by atoms with van der Waals surface area (Å²) in [5.74, 6) is 1.21. The zero-order valence-corrected chi connectivity index (χ0v) is 26.5. The number of hydrogen-bond acceptors (Lipinski definition) is 11. The highest BCUT2D eigenvalue weighted by Gasteiger charge is 2.74. The summed E-state index contributed by atoms with van der Waals surface area (Å²) in [6.45, 7) is 9.03. The van der Waals surface area contributed by atoms with Gasteiger partial charge in [-0.25, -0.2) is 0 Å². The Morgan fingerprint density at radius 2 is 1.59 bits per heavy atom. The minimum atomic E-state index is -1.66. The van der Waals surface area contributed by atoms with E-state index in [1.54, 1.807) is 0 Å². The normalized spacial score (nSPS) is 62.1. The highest BCUT2D eigenvalue weighted by molar-refractivity contribution is 5.22. The fourth-order valence-corrected chi connectivity index (χ4v) is 12.0. The summed E-state index contributed by atoms with van der Waals surface area (Å²) in [5.41, 5.74) is -2.47. The predicted molar refractivity (Wildman–Crippen MR) is 155 cm³/mol. The second kappa shape index (κ2) is 10.8. The Morgan fingerprint density at radius 3 is 2.27 bits per heavy atom. The monoisotopic (exact) mass is 626 g/mol. The maximum Gasteiger partial charge on any atom is 0.187 e. The van der Waals surface area contributed by atoms with Crippen molar-refractivity contribution in [2.75, 3.05) is 13.2 Å². The Hall–Kier alpha value is -0.440. The molecule has 7 N–H and O–H groups in total. The topological polar surface area (TPSA) is 179 Å². The number of aliphatic hydroxyl groups excluding tert-OH is 7. The standard InChI is InChI=1S/C33H54O11/c1-15-5-10-33(41-14-15)16(2)24-21(43-33)11-19-17-6-9-32(44-29-27(39)26(38)25(37)22(13-34)42-29)28(40)20(35)12-23(36)31(32,4)18(17)7-8-30(19,24)3/h15-29,34-40H,5-14H2,1-4H3/t15-,16?,17?,18?,19?,20-,21?,22+,23+,24?,25+,26-,27+,28-,29-,30-,31-,32-,33-/m0/s1. The van der Waals surface area contributed by atoms with Crippen LogP contribution >= 0.6 is 0 Å². The Kier molecular flexibility index (Phi) is 7.87. The molecule has 0 aromatic heterocycles. The van der Waals surface area contributed by atoms with Crippen molar-refractivity contribution in [1.29, 1.82) is 0 Å². The first-order chi connectivity index (χ1) is 20.7. The molecule has 0 amide bonds. The van der Waals surface area contributed by atoms with E-state index < -0.39 is 72.4 Å². The first-order valence-electron chi connectivity index (χ1n) is 17.1. The van der Waals surface area contributed by atoms with E-state index in [0.717, 1.165) is 38.7 Å². The number of ether oxygens (including phenoxy) is 4. The molecule has 0 radical (unpaired) electrons. The van der Waals surface area contributed by atoms with Crippen molar-refractivity contribution in [2.24, 2.45) is 46.3 Å². The average molecular weight is 627 g/mol. The molecule has 7 rings (SSSR count). The van der Waals surface area contributed by atoms with E-state index in [-0.39, 0.29) is 35.7 Å². The van der Waals surface area contributed by atoms with Crippen LogP contribution in [0.4, 0.5) is 0 Å². The van der Waals surface area contributed by atoms with Crippen LogP contribution in [0.3, 0.4) is 0 Å². The van der Waals surface area contributed by atoms with Crippen LogP contribution in [0.5, 0.6) is 0 Å². The second-order valence-corrected chi connectivity index (χ2v) is 16.2. The molecular formula is C33H54O11. The fraction of sp³-hybridized carbons (Fsp3) is 1.00. The molecule has 7 fully saturated rings. The summed E-state index contributed by atoms with van der Waals surface area (Å²) in [4.78, 5) is 0. The van der Waals surface area contributed by atoms with E-state index in [9.17, 15) is 35.7 Å². The van der Waals surface area contributed by atoms with Crippen LogP contribution in [0.2, 0.25) is 0 Å². The van der Waals surface area contributed by atoms with Gasteiger partial charge in [0.15, 0.2) is 12.1 Å². The van der Waals surface area contributed by atoms with E-state index in [4.69, 9.17) is 18.9 Å². The number of fused-ring (bicyclic) bond motifs is 7. The summed E-state index contributed by atoms with van der Waals surface area (Å²) in [6.07, 6.45) is -5.39. The van der Waals surface area contributed by atoms with Crippen molar-refractivity contribution in [3.05, 3.63) is 0 Å². The number of rotatable bonds is 3. The van der Waals surface area contributed by atoms with Gasteiger partial charge in [0.2, 0.25) is 0 Å². The Balaban J connectivity index is 1.19. The van der Waals surface area contributed by atoms with Crippen molar-refractivity contribution in [3.8, 4) is 0 Å². The molecule has 4 aliphatic carbocycles. The van der Waals surface area contributed by atoms with Crippen LogP contribution in [-0.4, -0.2) is 115 Å². The predicted octanol–water partition coefficient (Wildman–Crippen LogP) is 0.675. The largest absolute Gasteiger partial charge is 0.394 e. The highest BCUT2D eigenvalue weighted by Crippen LogP contribution is 2.72. The van der Waals surface area contributed by atoms with E-state index in [1.807, 2.05) is 6.92 Å². The lowest BCUT2D eigenvalue weighted by atomic mass is 9.41. The zero-order valence-electron chi connectivity index (χ0n) is 26.5. The van der Waals surface area contributed by atoms with Crippen LogP contribution < -0.4 is 0 Å². The molecule has 252 valence electrons. The Labute approximate surface area is 259 Å². The first kappa shape index (κ1) is 32.1. The first-order valence-corrected chi connectivity index (χ1v) is 17.1. The third-order valence-electron chi connectivity index (χ3n) is 14.4. The minimum Gasteiger partial charge on any atom is -0.394 e. The lowest BCUT2D eigenvalue weighted by Crippen LogP contribution is -2.76. The van der Waals surface area contributed by atoms with Crippen LogP contribution in [0.15, 0.2) is 0 Å². The van der Waals surface area contributed by atoms with Crippen molar-refractivity contribution >= 4 is 0 Å². The van der Waals surface area contributed by atoms with Crippen molar-refractivity contribution in [1.82, 2.24) is 0 Å². The molecule has 0 bridgehead atoms. The summed E-state index contributed by atoms with van der Waals surface area (Å²) in [6, 6.07) is 0. The van der Waals surface area contributed by atoms with Crippen LogP contribution in [0, 0.1) is 46.3 Å². The molecule has 19 atom stereocenters. The molecule has 0 aromatic rings. The third-order valence-corrected chi connectivity index (χ3v) is 14.4. The van der Waals surface area contributed by atoms with Gasteiger partial charge in [0.05, 0.1) is 31.5 Å². The second-order valence-electron chi connectivity index (χ2n) is 16.2. The van der Waals surface area contributed by atoms with Gasteiger partial charge in [0, 0.05) is 24.2 Å². The lowest BCUT2D eigenvalue weighted by Gasteiger charge is -2.68. The fourth-order valence-electron chi connectivity index (χ4n) is 12.0. The smallest absolute Gasteiger partial charge is 0.187 e. The van der Waals surface area contributed by atoms with Crippen LogP contribution in [0.1, 0.15) is 79.1 Å². The number of aliphatic hydroxyl groups is 7. The summed E-state index contributed by atoms with van der Waals surface area (Å²) >= 11 is 0. The quantitative estimate of drug-likeness (QED) is 0.219. The highest BCUT2D eigenvalue weighted by atomic mass is 16.7. The maximum absolute atomic E-state index is 11.8. The van der Waals surface area contributed by atoms with Gasteiger partial charge in [-0.1, -0.05) is 27.7 Å². The van der Waals surface area contributed by atoms with Gasteiger partial charge >= 0.3 is 0 Å². The third kappa shape index (κ3) is 4.14. The molecule has 11 heteroatoms. The van der Waals surface area contributed by atoms with Gasteiger partial charge in [-0.15, -0.1) is 0 Å². The molecule has 3 aliphatic heterocycles. The molecule has 3 saturated heterocycles. The molecule has 4 saturated carbocycles. The van der Waals surface area contributed by atoms with Crippen molar-refractivity contribution < 1.29 is 54.7 Å². The molecule has 11 nitrogen and oxygen atoms in total. The number of hydrogen-bond donors (Lipinski definition) is 7. The van der Waals surface area contributed by atoms with Gasteiger partial charge in [0.25, 0.3) is 0 Å². The SMILES string of the molecule is CC1C2C(CC3C4CC[C@]5(O[C@@H]6O[C@H](CO)[C@@H](O)[C@H](O)[C@H]6O)[C@@H](O)[C@@H](O)C[C@@H](O)[C@]5(C)C4CC[C@@]32C)O[C@@]12CC[C@H](C)CO2. The molecular weight excluding hydrogens is 572 g/mol. The zero-order chi connectivity index (χ0) is 31.6. The van der Waals surface area contributed by atoms with Crippen molar-refractivity contribution in [3.63, 3.8) is 0 Å². The minimum absolute atomic E-state index is 0.00765. The molecule has 1 spiro atoms. The maximum atomic E-state index is 11.8. The van der Waals surface area contributed by atoms with Gasteiger partial charge in [-0.05, 0) is 73.5 Å². The molecule has 7 aliphatic rings.